The molecule has 0 amide bonds. The summed E-state index contributed by atoms with van der Waals surface area (Å²) in [6.45, 7) is 3.44. The van der Waals surface area contributed by atoms with Crippen LogP contribution in [0.1, 0.15) is 36.1 Å². The molecule has 0 spiro atoms. The predicted molar refractivity (Wildman–Crippen MR) is 112 cm³/mol. The maximum Gasteiger partial charge on any atom is 0.243 e. The Morgan fingerprint density at radius 3 is 2.64 bits per heavy atom. The van der Waals surface area contributed by atoms with Gasteiger partial charge in [0.2, 0.25) is 16.8 Å². The molecule has 150 valence electrons. The Hall–Kier alpha value is -1.70. The second-order valence-electron chi connectivity index (χ2n) is 7.06. The van der Waals surface area contributed by atoms with E-state index in [1.807, 2.05) is 24.3 Å². The lowest BCUT2D eigenvalue weighted by molar-refractivity contribution is 0.174. The van der Waals surface area contributed by atoms with E-state index in [-0.39, 0.29) is 12.0 Å². The van der Waals surface area contributed by atoms with Crippen molar-refractivity contribution in [1.29, 1.82) is 0 Å². The molecule has 4 rings (SSSR count). The van der Waals surface area contributed by atoms with E-state index in [9.17, 15) is 8.42 Å². The Bertz CT molecular complexity index is 928. The van der Waals surface area contributed by atoms with Crippen LogP contribution in [0.2, 0.25) is 0 Å². The minimum absolute atomic E-state index is 0.252. The molecular weight excluding hydrogens is 394 g/mol. The van der Waals surface area contributed by atoms with Crippen LogP contribution in [0.3, 0.4) is 0 Å². The van der Waals surface area contributed by atoms with Gasteiger partial charge in [-0.05, 0) is 48.2 Å². The highest BCUT2D eigenvalue weighted by Gasteiger charge is 2.29. The lowest BCUT2D eigenvalue weighted by atomic mass is 10.1. The number of hydrogen-bond donors (Lipinski definition) is 0. The van der Waals surface area contributed by atoms with Gasteiger partial charge in [-0.15, -0.1) is 0 Å². The fourth-order valence-corrected chi connectivity index (χ4v) is 6.43. The van der Waals surface area contributed by atoms with Gasteiger partial charge < -0.3 is 9.47 Å². The summed E-state index contributed by atoms with van der Waals surface area (Å²) < 4.78 is 38.7. The lowest BCUT2D eigenvalue weighted by Gasteiger charge is -2.20. The maximum absolute atomic E-state index is 13.1. The maximum atomic E-state index is 13.1. The highest BCUT2D eigenvalue weighted by atomic mass is 32.2. The number of benzene rings is 2. The predicted octanol–water partition coefficient (Wildman–Crippen LogP) is 4.24. The third-order valence-electron chi connectivity index (χ3n) is 5.17. The van der Waals surface area contributed by atoms with Crippen molar-refractivity contribution >= 4 is 21.8 Å². The first kappa shape index (κ1) is 19.6. The molecule has 1 atom stereocenters. The fourth-order valence-electron chi connectivity index (χ4n) is 3.64. The lowest BCUT2D eigenvalue weighted by Crippen LogP contribution is -2.33. The second-order valence-corrected chi connectivity index (χ2v) is 10.3. The molecule has 1 saturated heterocycles. The Morgan fingerprint density at radius 1 is 1.07 bits per heavy atom. The molecule has 2 aromatic rings. The summed E-state index contributed by atoms with van der Waals surface area (Å²) in [6.07, 6.45) is 2.80. The quantitative estimate of drug-likeness (QED) is 0.726. The van der Waals surface area contributed by atoms with E-state index in [0.29, 0.717) is 18.0 Å². The number of thioether (sulfide) groups is 1. The molecule has 1 fully saturated rings. The van der Waals surface area contributed by atoms with E-state index in [0.717, 1.165) is 42.1 Å². The average Bonchev–Trinajstić information content (AvgIpc) is 3.02. The largest absolute Gasteiger partial charge is 0.454 e. The third kappa shape index (κ3) is 4.02. The Balaban J connectivity index is 1.47. The van der Waals surface area contributed by atoms with Crippen molar-refractivity contribution in [2.24, 2.45) is 0 Å². The SMILES string of the molecule is CCCc1ccc(S(=O)(=O)N2CCSC(c3ccc4c(c3)OCO4)CC2)cc1. The van der Waals surface area contributed by atoms with Gasteiger partial charge in [0.15, 0.2) is 11.5 Å². The van der Waals surface area contributed by atoms with Crippen LogP contribution in [0.4, 0.5) is 0 Å². The first-order valence-corrected chi connectivity index (χ1v) is 12.2. The van der Waals surface area contributed by atoms with Crippen LogP contribution in [0.25, 0.3) is 0 Å². The summed E-state index contributed by atoms with van der Waals surface area (Å²) >= 11 is 1.80. The molecule has 5 nitrogen and oxygen atoms in total. The van der Waals surface area contributed by atoms with Crippen molar-refractivity contribution in [3.63, 3.8) is 0 Å². The highest BCUT2D eigenvalue weighted by molar-refractivity contribution is 7.99. The number of hydrogen-bond acceptors (Lipinski definition) is 5. The minimum atomic E-state index is -3.46. The first-order valence-electron chi connectivity index (χ1n) is 9.68. The molecule has 2 aromatic carbocycles. The van der Waals surface area contributed by atoms with Crippen LogP contribution in [0.15, 0.2) is 47.4 Å². The van der Waals surface area contributed by atoms with Crippen molar-refractivity contribution in [1.82, 2.24) is 4.31 Å². The smallest absolute Gasteiger partial charge is 0.243 e. The van der Waals surface area contributed by atoms with E-state index < -0.39 is 10.0 Å². The number of nitrogens with zero attached hydrogens (tertiary/aromatic N) is 1. The normalized spacial score (nSPS) is 20.1. The second kappa shape index (κ2) is 8.35. The molecule has 1 unspecified atom stereocenters. The summed E-state index contributed by atoms with van der Waals surface area (Å²) in [4.78, 5) is 0.388. The first-order chi connectivity index (χ1) is 13.6. The minimum Gasteiger partial charge on any atom is -0.454 e. The highest BCUT2D eigenvalue weighted by Crippen LogP contribution is 2.40. The Labute approximate surface area is 171 Å². The van der Waals surface area contributed by atoms with Gasteiger partial charge in [-0.3, -0.25) is 0 Å². The van der Waals surface area contributed by atoms with Gasteiger partial charge >= 0.3 is 0 Å². The fraction of sp³-hybridized carbons (Fsp3) is 0.429. The average molecular weight is 420 g/mol. The Morgan fingerprint density at radius 2 is 1.86 bits per heavy atom. The van der Waals surface area contributed by atoms with Gasteiger partial charge in [-0.25, -0.2) is 8.42 Å². The van der Waals surface area contributed by atoms with Gasteiger partial charge in [-0.2, -0.15) is 16.1 Å². The van der Waals surface area contributed by atoms with Gasteiger partial charge in [0.05, 0.1) is 4.90 Å². The molecule has 2 aliphatic heterocycles. The zero-order valence-corrected chi connectivity index (χ0v) is 17.6. The molecule has 0 aliphatic carbocycles. The van der Waals surface area contributed by atoms with Gasteiger partial charge in [0.1, 0.15) is 0 Å². The molecule has 0 radical (unpaired) electrons. The zero-order valence-electron chi connectivity index (χ0n) is 16.0. The molecule has 2 heterocycles. The standard InChI is InChI=1S/C21H25NO4S2/c1-2-3-16-4-7-18(8-5-16)28(23,24)22-11-10-21(27-13-12-22)17-6-9-19-20(14-17)26-15-25-19/h4-9,14,21H,2-3,10-13,15H2,1H3. The number of fused-ring (bicyclic) bond motifs is 1. The van der Waals surface area contributed by atoms with Crippen molar-refractivity contribution in [3.8, 4) is 11.5 Å². The molecule has 0 saturated carbocycles. The van der Waals surface area contributed by atoms with Crippen molar-refractivity contribution in [3.05, 3.63) is 53.6 Å². The van der Waals surface area contributed by atoms with Crippen LogP contribution in [0, 0.1) is 0 Å². The van der Waals surface area contributed by atoms with E-state index in [2.05, 4.69) is 13.0 Å². The van der Waals surface area contributed by atoms with Crippen LogP contribution >= 0.6 is 11.8 Å². The van der Waals surface area contributed by atoms with Crippen LogP contribution < -0.4 is 9.47 Å². The van der Waals surface area contributed by atoms with Crippen LogP contribution in [-0.2, 0) is 16.4 Å². The monoisotopic (exact) mass is 419 g/mol. The zero-order chi connectivity index (χ0) is 19.6. The third-order valence-corrected chi connectivity index (χ3v) is 8.41. The number of rotatable bonds is 5. The van der Waals surface area contributed by atoms with Gasteiger partial charge in [0, 0.05) is 24.1 Å². The van der Waals surface area contributed by atoms with Gasteiger partial charge in [0.25, 0.3) is 0 Å². The molecule has 28 heavy (non-hydrogen) atoms. The molecular formula is C21H25NO4S2. The summed E-state index contributed by atoms with van der Waals surface area (Å²) in [5.41, 5.74) is 2.34. The van der Waals surface area contributed by atoms with Crippen molar-refractivity contribution < 1.29 is 17.9 Å². The van der Waals surface area contributed by atoms with E-state index in [1.165, 1.54) is 5.56 Å². The summed E-state index contributed by atoms with van der Waals surface area (Å²) in [5, 5.41) is 0.252. The summed E-state index contributed by atoms with van der Waals surface area (Å²) in [6, 6.07) is 13.4. The topological polar surface area (TPSA) is 55.8 Å². The van der Waals surface area contributed by atoms with E-state index in [1.54, 1.807) is 28.2 Å². The van der Waals surface area contributed by atoms with Crippen molar-refractivity contribution in [2.75, 3.05) is 25.6 Å². The number of ether oxygens (including phenoxy) is 2. The number of aryl methyl sites for hydroxylation is 1. The summed E-state index contributed by atoms with van der Waals surface area (Å²) in [5.74, 6) is 2.32. The number of sulfonamides is 1. The molecule has 2 aliphatic rings. The molecule has 0 aromatic heterocycles. The Kier molecular flexibility index (Phi) is 5.85. The summed E-state index contributed by atoms with van der Waals surface area (Å²) in [7, 11) is -3.46. The van der Waals surface area contributed by atoms with E-state index in [4.69, 9.17) is 9.47 Å². The van der Waals surface area contributed by atoms with Gasteiger partial charge in [-0.1, -0.05) is 31.5 Å². The van der Waals surface area contributed by atoms with Crippen molar-refractivity contribution in [2.45, 2.75) is 36.3 Å². The van der Waals surface area contributed by atoms with Crippen LogP contribution in [-0.4, -0.2) is 38.4 Å². The molecule has 0 bridgehead atoms. The molecule has 0 N–H and O–H groups in total. The van der Waals surface area contributed by atoms with Crippen LogP contribution in [0.5, 0.6) is 11.5 Å². The van der Waals surface area contributed by atoms with E-state index >= 15 is 0 Å². The molecule has 7 heteroatoms.